The third kappa shape index (κ3) is 3.14. The molecule has 0 fully saturated rings. The number of hydrogen-bond acceptors (Lipinski definition) is 3. The Bertz CT molecular complexity index is 781. The van der Waals surface area contributed by atoms with Crippen LogP contribution in [0.4, 0.5) is 0 Å². The molecule has 0 aliphatic heterocycles. The summed E-state index contributed by atoms with van der Waals surface area (Å²) in [5.74, 6) is 0.893. The lowest BCUT2D eigenvalue weighted by molar-refractivity contribution is 0.112. The molecule has 2 nitrogen and oxygen atoms in total. The summed E-state index contributed by atoms with van der Waals surface area (Å²) in [7, 11) is 0. The first-order chi connectivity index (χ1) is 10.3. The Hall–Kier alpha value is -2.13. The van der Waals surface area contributed by atoms with Gasteiger partial charge in [-0.15, -0.1) is 11.8 Å². The van der Waals surface area contributed by atoms with E-state index in [0.717, 1.165) is 23.2 Å². The van der Waals surface area contributed by atoms with Gasteiger partial charge in [-0.1, -0.05) is 30.3 Å². The van der Waals surface area contributed by atoms with Crippen LogP contribution in [0.25, 0.3) is 10.9 Å². The Balaban J connectivity index is 1.85. The van der Waals surface area contributed by atoms with Crippen LogP contribution in [0.3, 0.4) is 0 Å². The molecule has 21 heavy (non-hydrogen) atoms. The first-order valence-electron chi connectivity index (χ1n) is 6.79. The zero-order chi connectivity index (χ0) is 14.7. The maximum atomic E-state index is 10.7. The largest absolute Gasteiger partial charge is 0.298 e. The van der Waals surface area contributed by atoms with Gasteiger partial charge in [-0.2, -0.15) is 0 Å². The molecule has 0 amide bonds. The van der Waals surface area contributed by atoms with Crippen molar-refractivity contribution < 1.29 is 4.79 Å². The third-order valence-electron chi connectivity index (χ3n) is 3.34. The molecular formula is C18H15NOS. The van der Waals surface area contributed by atoms with E-state index in [9.17, 15) is 4.79 Å². The Labute approximate surface area is 128 Å². The predicted molar refractivity (Wildman–Crippen MR) is 87.9 cm³/mol. The Morgan fingerprint density at radius 1 is 1.10 bits per heavy atom. The summed E-state index contributed by atoms with van der Waals surface area (Å²) in [4.78, 5) is 16.4. The van der Waals surface area contributed by atoms with Gasteiger partial charge in [-0.05, 0) is 36.8 Å². The number of thioether (sulfide) groups is 1. The smallest absolute Gasteiger partial charge is 0.150 e. The van der Waals surface area contributed by atoms with Crippen LogP contribution in [0, 0.1) is 6.92 Å². The van der Waals surface area contributed by atoms with Gasteiger partial charge in [0.05, 0.1) is 5.52 Å². The van der Waals surface area contributed by atoms with Crippen LogP contribution in [0.5, 0.6) is 0 Å². The molecule has 0 aliphatic carbocycles. The molecule has 0 spiro atoms. The fourth-order valence-corrected chi connectivity index (χ4v) is 3.21. The molecule has 0 radical (unpaired) electrons. The number of aryl methyl sites for hydroxylation is 1. The number of benzene rings is 2. The summed E-state index contributed by atoms with van der Waals surface area (Å²) < 4.78 is 0. The van der Waals surface area contributed by atoms with Gasteiger partial charge in [0, 0.05) is 27.3 Å². The lowest BCUT2D eigenvalue weighted by Gasteiger charge is -2.08. The van der Waals surface area contributed by atoms with Crippen molar-refractivity contribution in [2.45, 2.75) is 17.6 Å². The summed E-state index contributed by atoms with van der Waals surface area (Å²) in [6.07, 6.45) is 0.869. The molecule has 1 aromatic heterocycles. The van der Waals surface area contributed by atoms with Crippen LogP contribution < -0.4 is 0 Å². The van der Waals surface area contributed by atoms with Crippen LogP contribution >= 0.6 is 11.8 Å². The second kappa shape index (κ2) is 6.10. The van der Waals surface area contributed by atoms with Crippen LogP contribution in [0.2, 0.25) is 0 Å². The fraction of sp³-hybridized carbons (Fsp3) is 0.111. The standard InChI is InChI=1S/C18H15NOS/c1-13-10-15(17-4-2-3-5-18(17)19-13)12-21-16-8-6-14(11-20)7-9-16/h2-11H,12H2,1H3. The highest BCUT2D eigenvalue weighted by Crippen LogP contribution is 2.27. The molecule has 2 aromatic carbocycles. The highest BCUT2D eigenvalue weighted by Gasteiger charge is 2.04. The molecule has 0 aliphatic rings. The van der Waals surface area contributed by atoms with Crippen molar-refractivity contribution in [1.82, 2.24) is 4.98 Å². The minimum atomic E-state index is 0.713. The minimum absolute atomic E-state index is 0.713. The average molecular weight is 293 g/mol. The van der Waals surface area contributed by atoms with Crippen molar-refractivity contribution in [2.75, 3.05) is 0 Å². The van der Waals surface area contributed by atoms with Crippen molar-refractivity contribution in [3.8, 4) is 0 Å². The zero-order valence-corrected chi connectivity index (χ0v) is 12.6. The molecule has 3 heteroatoms. The number of pyridine rings is 1. The molecule has 3 rings (SSSR count). The third-order valence-corrected chi connectivity index (χ3v) is 4.40. The minimum Gasteiger partial charge on any atom is -0.298 e. The SMILES string of the molecule is Cc1cc(CSc2ccc(C=O)cc2)c2ccccc2n1. The molecule has 0 unspecified atom stereocenters. The molecule has 0 saturated heterocycles. The predicted octanol–water partition coefficient (Wildman–Crippen LogP) is 4.65. The molecule has 0 bridgehead atoms. The Morgan fingerprint density at radius 2 is 1.86 bits per heavy atom. The quantitative estimate of drug-likeness (QED) is 0.518. The van der Waals surface area contributed by atoms with Crippen LogP contribution in [0.15, 0.2) is 59.5 Å². The van der Waals surface area contributed by atoms with Crippen molar-refractivity contribution >= 4 is 29.0 Å². The van der Waals surface area contributed by atoms with Gasteiger partial charge in [0.2, 0.25) is 0 Å². The van der Waals surface area contributed by atoms with E-state index in [4.69, 9.17) is 0 Å². The normalized spacial score (nSPS) is 10.7. The summed E-state index contributed by atoms with van der Waals surface area (Å²) >= 11 is 1.77. The number of nitrogens with zero attached hydrogens (tertiary/aromatic N) is 1. The van der Waals surface area contributed by atoms with E-state index in [1.165, 1.54) is 15.8 Å². The second-order valence-corrected chi connectivity index (χ2v) is 5.96. The number of aldehydes is 1. The molecule has 1 heterocycles. The monoisotopic (exact) mass is 293 g/mol. The number of carbonyl (C=O) groups excluding carboxylic acids is 1. The lowest BCUT2D eigenvalue weighted by atomic mass is 10.1. The topological polar surface area (TPSA) is 30.0 Å². The summed E-state index contributed by atoms with van der Waals surface area (Å²) in [5, 5.41) is 1.21. The maximum Gasteiger partial charge on any atom is 0.150 e. The summed E-state index contributed by atoms with van der Waals surface area (Å²) in [6.45, 7) is 2.03. The molecule has 0 atom stereocenters. The van der Waals surface area contributed by atoms with E-state index in [2.05, 4.69) is 23.2 Å². The van der Waals surface area contributed by atoms with Crippen molar-refractivity contribution in [1.29, 1.82) is 0 Å². The van der Waals surface area contributed by atoms with Crippen LogP contribution in [-0.4, -0.2) is 11.3 Å². The molecule has 3 aromatic rings. The summed E-state index contributed by atoms with van der Waals surface area (Å²) in [5.41, 5.74) is 4.09. The van der Waals surface area contributed by atoms with Gasteiger partial charge in [0.15, 0.2) is 0 Å². The number of hydrogen-bond donors (Lipinski definition) is 0. The summed E-state index contributed by atoms with van der Waals surface area (Å²) in [6, 6.07) is 18.1. The number of aromatic nitrogens is 1. The van der Waals surface area contributed by atoms with Gasteiger partial charge in [0.1, 0.15) is 6.29 Å². The average Bonchev–Trinajstić information content (AvgIpc) is 2.53. The fourth-order valence-electron chi connectivity index (χ4n) is 2.32. The van der Waals surface area contributed by atoms with E-state index < -0.39 is 0 Å². The number of rotatable bonds is 4. The van der Waals surface area contributed by atoms with Crippen molar-refractivity contribution in [3.63, 3.8) is 0 Å². The van der Waals surface area contributed by atoms with E-state index in [1.54, 1.807) is 11.8 Å². The van der Waals surface area contributed by atoms with E-state index in [0.29, 0.717) is 5.56 Å². The molecule has 104 valence electrons. The lowest BCUT2D eigenvalue weighted by Crippen LogP contribution is -1.90. The first-order valence-corrected chi connectivity index (χ1v) is 7.78. The number of fused-ring (bicyclic) bond motifs is 1. The van der Waals surface area contributed by atoms with Crippen molar-refractivity contribution in [2.24, 2.45) is 0 Å². The van der Waals surface area contributed by atoms with Crippen molar-refractivity contribution in [3.05, 3.63) is 71.4 Å². The molecular weight excluding hydrogens is 278 g/mol. The van der Waals surface area contributed by atoms with E-state index in [1.807, 2.05) is 43.3 Å². The highest BCUT2D eigenvalue weighted by molar-refractivity contribution is 7.98. The van der Waals surface area contributed by atoms with E-state index >= 15 is 0 Å². The van der Waals surface area contributed by atoms with Gasteiger partial charge >= 0.3 is 0 Å². The maximum absolute atomic E-state index is 10.7. The molecule has 0 saturated carbocycles. The van der Waals surface area contributed by atoms with Gasteiger partial charge in [-0.3, -0.25) is 9.78 Å². The zero-order valence-electron chi connectivity index (χ0n) is 11.7. The highest BCUT2D eigenvalue weighted by atomic mass is 32.2. The Morgan fingerprint density at radius 3 is 2.62 bits per heavy atom. The van der Waals surface area contributed by atoms with Crippen LogP contribution in [0.1, 0.15) is 21.6 Å². The van der Waals surface area contributed by atoms with Gasteiger partial charge in [-0.25, -0.2) is 0 Å². The van der Waals surface area contributed by atoms with Gasteiger partial charge < -0.3 is 0 Å². The van der Waals surface area contributed by atoms with E-state index in [-0.39, 0.29) is 0 Å². The number of para-hydroxylation sites is 1. The first kappa shape index (κ1) is 13.8. The second-order valence-electron chi connectivity index (χ2n) is 4.92. The number of carbonyl (C=O) groups is 1. The molecule has 0 N–H and O–H groups in total. The van der Waals surface area contributed by atoms with Crippen LogP contribution in [-0.2, 0) is 5.75 Å². The van der Waals surface area contributed by atoms with Gasteiger partial charge in [0.25, 0.3) is 0 Å². The Kier molecular flexibility index (Phi) is 4.02.